The molecule has 1 aliphatic heterocycles. The Morgan fingerprint density at radius 3 is 2.36 bits per heavy atom. The van der Waals surface area contributed by atoms with Crippen LogP contribution in [0.1, 0.15) is 79.0 Å². The second-order valence-corrected chi connectivity index (χ2v) is 9.26. The van der Waals surface area contributed by atoms with Crippen LogP contribution in [0.4, 0.5) is 5.69 Å². The Morgan fingerprint density at radius 1 is 1.00 bits per heavy atom. The summed E-state index contributed by atoms with van der Waals surface area (Å²) in [4.78, 5) is 25.2. The summed E-state index contributed by atoms with van der Waals surface area (Å²) in [5, 5.41) is 19.7. The lowest BCUT2D eigenvalue weighted by molar-refractivity contribution is -0.117. The second-order valence-electron chi connectivity index (χ2n) is 9.26. The molecule has 1 amide bonds. The first-order valence-electron chi connectivity index (χ1n) is 12.0. The van der Waals surface area contributed by atoms with Crippen LogP contribution in [0.3, 0.4) is 0 Å². The number of aromatic carboxylic acids is 1. The molecule has 0 spiro atoms. The number of amides is 1. The Hall–Kier alpha value is -2.70. The molecule has 1 aliphatic carbocycles. The van der Waals surface area contributed by atoms with Crippen molar-refractivity contribution in [3.63, 3.8) is 0 Å². The normalized spacial score (nSPS) is 20.2. The van der Waals surface area contributed by atoms with Gasteiger partial charge in [-0.15, -0.1) is 0 Å². The maximum atomic E-state index is 12.5. The molecule has 176 valence electrons. The van der Waals surface area contributed by atoms with Gasteiger partial charge in [-0.1, -0.05) is 56.4 Å². The van der Waals surface area contributed by atoms with Crippen molar-refractivity contribution >= 4 is 17.6 Å². The zero-order valence-electron chi connectivity index (χ0n) is 19.0. The molecule has 6 heteroatoms. The van der Waals surface area contributed by atoms with Gasteiger partial charge in [0.05, 0.1) is 11.7 Å². The van der Waals surface area contributed by atoms with Crippen LogP contribution in [0.2, 0.25) is 0 Å². The molecule has 1 saturated heterocycles. The van der Waals surface area contributed by atoms with Crippen LogP contribution in [0.5, 0.6) is 0 Å². The van der Waals surface area contributed by atoms with Crippen LogP contribution < -0.4 is 4.90 Å². The predicted octanol–water partition coefficient (Wildman–Crippen LogP) is 5.10. The summed E-state index contributed by atoms with van der Waals surface area (Å²) in [6.07, 6.45) is 8.84. The summed E-state index contributed by atoms with van der Waals surface area (Å²) >= 11 is 0. The lowest BCUT2D eigenvalue weighted by Crippen LogP contribution is -2.34. The van der Waals surface area contributed by atoms with Crippen molar-refractivity contribution < 1.29 is 24.5 Å². The fourth-order valence-electron chi connectivity index (χ4n) is 4.99. The van der Waals surface area contributed by atoms with Crippen LogP contribution in [-0.4, -0.2) is 34.9 Å². The molecule has 2 fully saturated rings. The number of aliphatic hydroxyl groups excluding tert-OH is 1. The fourth-order valence-corrected chi connectivity index (χ4v) is 4.99. The van der Waals surface area contributed by atoms with Crippen LogP contribution in [-0.2, 0) is 16.0 Å². The molecule has 1 heterocycles. The monoisotopic (exact) mass is 451 g/mol. The lowest BCUT2D eigenvalue weighted by Gasteiger charge is -2.24. The Balaban J connectivity index is 1.34. The Morgan fingerprint density at radius 2 is 1.70 bits per heavy atom. The van der Waals surface area contributed by atoms with Crippen LogP contribution >= 0.6 is 0 Å². The van der Waals surface area contributed by atoms with E-state index in [0.717, 1.165) is 35.6 Å². The molecule has 0 radical (unpaired) electrons. The molecule has 2 aromatic rings. The first-order valence-corrected chi connectivity index (χ1v) is 12.0. The molecular weight excluding hydrogens is 418 g/mol. The fraction of sp³-hybridized carbons (Fsp3) is 0.481. The SMILES string of the molecule is O=C(O)c1ccc(CCC2OCC(=O)N2c2ccc(C(O)CCC3CCCCC3)cc2)cc1. The molecule has 2 aliphatic rings. The Bertz CT molecular complexity index is 934. The highest BCUT2D eigenvalue weighted by molar-refractivity contribution is 5.96. The molecule has 2 unspecified atom stereocenters. The van der Waals surface area contributed by atoms with Crippen molar-refractivity contribution in [1.29, 1.82) is 0 Å². The summed E-state index contributed by atoms with van der Waals surface area (Å²) in [6, 6.07) is 14.4. The molecule has 1 saturated carbocycles. The summed E-state index contributed by atoms with van der Waals surface area (Å²) in [5.41, 5.74) is 2.91. The number of ether oxygens (including phenoxy) is 1. The largest absolute Gasteiger partial charge is 0.478 e. The van der Waals surface area contributed by atoms with E-state index in [0.29, 0.717) is 12.8 Å². The van der Waals surface area contributed by atoms with Crippen LogP contribution in [0, 0.1) is 5.92 Å². The van der Waals surface area contributed by atoms with Gasteiger partial charge in [-0.2, -0.15) is 0 Å². The number of rotatable bonds is 9. The van der Waals surface area contributed by atoms with Crippen LogP contribution in [0.25, 0.3) is 0 Å². The number of carboxylic acids is 1. The molecule has 2 atom stereocenters. The minimum Gasteiger partial charge on any atom is -0.478 e. The topological polar surface area (TPSA) is 87.1 Å². The molecule has 0 aromatic heterocycles. The number of aryl methyl sites for hydroxylation is 1. The van der Waals surface area contributed by atoms with E-state index in [1.54, 1.807) is 29.2 Å². The molecule has 4 rings (SSSR count). The standard InChI is InChI=1S/C27H33NO5/c29-24(16-8-19-4-2-1-3-5-19)21-12-14-23(15-13-21)28-25(30)18-33-26(28)17-9-20-6-10-22(11-7-20)27(31)32/h6-7,10-15,19,24,26,29H,1-5,8-9,16-18H2,(H,31,32). The number of carboxylic acid groups (broad SMARTS) is 1. The molecule has 6 nitrogen and oxygen atoms in total. The summed E-state index contributed by atoms with van der Waals surface area (Å²) < 4.78 is 5.73. The number of carbonyl (C=O) groups excluding carboxylic acids is 1. The Labute approximate surface area is 195 Å². The third-order valence-electron chi connectivity index (χ3n) is 6.97. The van der Waals surface area contributed by atoms with Crippen molar-refractivity contribution in [2.75, 3.05) is 11.5 Å². The molecule has 0 bridgehead atoms. The summed E-state index contributed by atoms with van der Waals surface area (Å²) in [7, 11) is 0. The number of hydrogen-bond donors (Lipinski definition) is 2. The van der Waals surface area contributed by atoms with E-state index in [1.165, 1.54) is 32.1 Å². The summed E-state index contributed by atoms with van der Waals surface area (Å²) in [6.45, 7) is 0.0500. The number of aliphatic hydroxyl groups is 1. The van der Waals surface area contributed by atoms with Crippen molar-refractivity contribution in [2.45, 2.75) is 70.1 Å². The van der Waals surface area contributed by atoms with Crippen LogP contribution in [0.15, 0.2) is 48.5 Å². The van der Waals surface area contributed by atoms with Crippen molar-refractivity contribution in [3.05, 3.63) is 65.2 Å². The van der Waals surface area contributed by atoms with Gasteiger partial charge < -0.3 is 14.9 Å². The number of benzene rings is 2. The number of nitrogens with zero attached hydrogens (tertiary/aromatic N) is 1. The maximum Gasteiger partial charge on any atom is 0.335 e. The summed E-state index contributed by atoms with van der Waals surface area (Å²) in [5.74, 6) is -0.278. The average molecular weight is 452 g/mol. The van der Waals surface area contributed by atoms with Gasteiger partial charge in [0.2, 0.25) is 0 Å². The third kappa shape index (κ3) is 6.01. The van der Waals surface area contributed by atoms with E-state index in [2.05, 4.69) is 0 Å². The van der Waals surface area contributed by atoms with E-state index in [-0.39, 0.29) is 24.3 Å². The van der Waals surface area contributed by atoms with Gasteiger partial charge in [-0.25, -0.2) is 4.79 Å². The zero-order chi connectivity index (χ0) is 23.2. The van der Waals surface area contributed by atoms with Gasteiger partial charge in [0.25, 0.3) is 5.91 Å². The zero-order valence-corrected chi connectivity index (χ0v) is 19.0. The molecule has 2 N–H and O–H groups in total. The number of hydrogen-bond acceptors (Lipinski definition) is 4. The van der Waals surface area contributed by atoms with Gasteiger partial charge >= 0.3 is 5.97 Å². The van der Waals surface area contributed by atoms with E-state index < -0.39 is 12.1 Å². The Kier molecular flexibility index (Phi) is 7.78. The van der Waals surface area contributed by atoms with Crippen molar-refractivity contribution in [3.8, 4) is 0 Å². The quantitative estimate of drug-likeness (QED) is 0.554. The average Bonchev–Trinajstić information content (AvgIpc) is 3.22. The molecule has 33 heavy (non-hydrogen) atoms. The highest BCUT2D eigenvalue weighted by atomic mass is 16.5. The van der Waals surface area contributed by atoms with E-state index in [1.807, 2.05) is 24.3 Å². The third-order valence-corrected chi connectivity index (χ3v) is 6.97. The highest BCUT2D eigenvalue weighted by Crippen LogP contribution is 2.32. The number of carbonyl (C=O) groups is 2. The van der Waals surface area contributed by atoms with Gasteiger partial charge in [-0.3, -0.25) is 9.69 Å². The molecular formula is C27H33NO5. The molecule has 2 aromatic carbocycles. The van der Waals surface area contributed by atoms with Gasteiger partial charge in [0.15, 0.2) is 0 Å². The van der Waals surface area contributed by atoms with Gasteiger partial charge in [-0.05, 0) is 67.0 Å². The van der Waals surface area contributed by atoms with E-state index in [9.17, 15) is 14.7 Å². The lowest BCUT2D eigenvalue weighted by atomic mass is 9.85. The van der Waals surface area contributed by atoms with E-state index in [4.69, 9.17) is 9.84 Å². The highest BCUT2D eigenvalue weighted by Gasteiger charge is 2.33. The minimum absolute atomic E-state index is 0.0500. The van der Waals surface area contributed by atoms with Crippen molar-refractivity contribution in [1.82, 2.24) is 0 Å². The van der Waals surface area contributed by atoms with Gasteiger partial charge in [0, 0.05) is 5.69 Å². The number of anilines is 1. The van der Waals surface area contributed by atoms with E-state index >= 15 is 0 Å². The predicted molar refractivity (Wildman–Crippen MR) is 126 cm³/mol. The smallest absolute Gasteiger partial charge is 0.335 e. The van der Waals surface area contributed by atoms with Crippen molar-refractivity contribution in [2.24, 2.45) is 5.92 Å². The first kappa shape index (κ1) is 23.5. The second kappa shape index (κ2) is 10.9. The maximum absolute atomic E-state index is 12.5. The van der Waals surface area contributed by atoms with Gasteiger partial charge in [0.1, 0.15) is 12.8 Å². The minimum atomic E-state index is -0.944. The first-order chi connectivity index (χ1) is 16.0.